The van der Waals surface area contributed by atoms with Crippen LogP contribution < -0.4 is 16.0 Å². The van der Waals surface area contributed by atoms with Gasteiger partial charge in [-0.15, -0.1) is 0 Å². The largest absolute Gasteiger partial charge is 0.436 e. The first-order chi connectivity index (χ1) is 9.52. The summed E-state index contributed by atoms with van der Waals surface area (Å²) in [6.45, 7) is 3.98. The van der Waals surface area contributed by atoms with E-state index in [1.54, 1.807) is 12.1 Å². The predicted molar refractivity (Wildman–Crippen MR) is 72.6 cm³/mol. The summed E-state index contributed by atoms with van der Waals surface area (Å²) in [6, 6.07) is 7.89. The van der Waals surface area contributed by atoms with E-state index in [2.05, 4.69) is 10.4 Å². The van der Waals surface area contributed by atoms with Crippen LogP contribution in [0.15, 0.2) is 30.3 Å². The fourth-order valence-corrected chi connectivity index (χ4v) is 1.78. The van der Waals surface area contributed by atoms with Gasteiger partial charge in [0.1, 0.15) is 5.75 Å². The Labute approximate surface area is 115 Å². The molecule has 0 amide bonds. The third kappa shape index (κ3) is 2.85. The molecule has 0 unspecified atom stereocenters. The van der Waals surface area contributed by atoms with Gasteiger partial charge in [0.25, 0.3) is 5.88 Å². The molecule has 0 bridgehead atoms. The Morgan fingerprint density at radius 1 is 1.20 bits per heavy atom. The third-order valence-electron chi connectivity index (χ3n) is 2.78. The first kappa shape index (κ1) is 14.2. The Kier molecular flexibility index (Phi) is 4.14. The van der Waals surface area contributed by atoms with Crippen LogP contribution in [0.5, 0.6) is 11.6 Å². The van der Waals surface area contributed by atoms with E-state index in [1.165, 1.54) is 0 Å². The van der Waals surface area contributed by atoms with Crippen LogP contribution in [0.4, 0.5) is 14.6 Å². The van der Waals surface area contributed by atoms with Crippen molar-refractivity contribution in [3.05, 3.63) is 47.5 Å². The zero-order chi connectivity index (χ0) is 14.7. The van der Waals surface area contributed by atoms with Gasteiger partial charge >= 0.3 is 0 Å². The molecular weight excluding hydrogens is 264 g/mol. The molecule has 0 aliphatic heterocycles. The molecule has 3 N–H and O–H groups in total. The maximum Gasteiger partial charge on any atom is 0.258 e. The highest BCUT2D eigenvalue weighted by Crippen LogP contribution is 2.31. The van der Waals surface area contributed by atoms with Crippen molar-refractivity contribution < 1.29 is 13.5 Å². The molecule has 0 aliphatic rings. The molecule has 0 saturated heterocycles. The maximum absolute atomic E-state index is 13.7. The van der Waals surface area contributed by atoms with Crippen molar-refractivity contribution in [2.24, 2.45) is 5.84 Å². The Hall–Kier alpha value is -2.21. The van der Waals surface area contributed by atoms with Gasteiger partial charge in [-0.1, -0.05) is 32.0 Å². The SMILES string of the molecule is CC(C)c1ccccc1Oc1nc(NN)c(F)cc1F. The molecule has 4 nitrogen and oxygen atoms in total. The minimum atomic E-state index is -0.889. The summed E-state index contributed by atoms with van der Waals surface area (Å²) < 4.78 is 32.4. The molecule has 0 radical (unpaired) electrons. The van der Waals surface area contributed by atoms with Crippen LogP contribution in [0.25, 0.3) is 0 Å². The molecule has 0 saturated carbocycles. The van der Waals surface area contributed by atoms with Gasteiger partial charge in [0, 0.05) is 6.07 Å². The molecule has 1 heterocycles. The number of halogens is 2. The van der Waals surface area contributed by atoms with Crippen LogP contribution in [0.3, 0.4) is 0 Å². The predicted octanol–water partition coefficient (Wildman–Crippen LogP) is 3.56. The molecule has 6 heteroatoms. The molecule has 0 atom stereocenters. The summed E-state index contributed by atoms with van der Waals surface area (Å²) in [6.07, 6.45) is 0. The average Bonchev–Trinajstić information content (AvgIpc) is 2.42. The van der Waals surface area contributed by atoms with Gasteiger partial charge in [-0.3, -0.25) is 0 Å². The number of hydrazine groups is 1. The molecule has 1 aromatic carbocycles. The van der Waals surface area contributed by atoms with Gasteiger partial charge in [-0.2, -0.15) is 4.98 Å². The number of benzene rings is 1. The van der Waals surface area contributed by atoms with Crippen LogP contribution in [0.2, 0.25) is 0 Å². The Bertz CT molecular complexity index is 617. The number of hydrogen-bond acceptors (Lipinski definition) is 4. The summed E-state index contributed by atoms with van der Waals surface area (Å²) >= 11 is 0. The third-order valence-corrected chi connectivity index (χ3v) is 2.78. The number of anilines is 1. The van der Waals surface area contributed by atoms with Gasteiger partial charge in [0.05, 0.1) is 0 Å². The highest BCUT2D eigenvalue weighted by Gasteiger charge is 2.15. The fourth-order valence-electron chi connectivity index (χ4n) is 1.78. The number of nitrogens with zero attached hydrogens (tertiary/aromatic N) is 1. The normalized spacial score (nSPS) is 10.7. The van der Waals surface area contributed by atoms with Crippen LogP contribution >= 0.6 is 0 Å². The smallest absolute Gasteiger partial charge is 0.258 e. The summed E-state index contributed by atoms with van der Waals surface area (Å²) in [4.78, 5) is 3.68. The van der Waals surface area contributed by atoms with Crippen molar-refractivity contribution in [2.75, 3.05) is 5.43 Å². The molecule has 0 spiro atoms. The van der Waals surface area contributed by atoms with E-state index >= 15 is 0 Å². The zero-order valence-corrected chi connectivity index (χ0v) is 11.2. The molecule has 106 valence electrons. The Morgan fingerprint density at radius 3 is 2.55 bits per heavy atom. The van der Waals surface area contributed by atoms with Crippen LogP contribution in [0.1, 0.15) is 25.3 Å². The highest BCUT2D eigenvalue weighted by molar-refractivity contribution is 5.42. The van der Waals surface area contributed by atoms with Crippen molar-refractivity contribution in [1.82, 2.24) is 4.98 Å². The fraction of sp³-hybridized carbons (Fsp3) is 0.214. The number of pyridine rings is 1. The van der Waals surface area contributed by atoms with Gasteiger partial charge in [0.2, 0.25) is 0 Å². The lowest BCUT2D eigenvalue weighted by Crippen LogP contribution is -2.11. The van der Waals surface area contributed by atoms with E-state index < -0.39 is 11.6 Å². The highest BCUT2D eigenvalue weighted by atomic mass is 19.1. The maximum atomic E-state index is 13.7. The van der Waals surface area contributed by atoms with Crippen molar-refractivity contribution in [2.45, 2.75) is 19.8 Å². The zero-order valence-electron chi connectivity index (χ0n) is 11.2. The number of nitrogens with one attached hydrogen (secondary N) is 1. The molecule has 0 fully saturated rings. The van der Waals surface area contributed by atoms with Crippen LogP contribution in [-0.4, -0.2) is 4.98 Å². The second-order valence-electron chi connectivity index (χ2n) is 4.54. The Morgan fingerprint density at radius 2 is 1.90 bits per heavy atom. The van der Waals surface area contributed by atoms with E-state index in [9.17, 15) is 8.78 Å². The van der Waals surface area contributed by atoms with E-state index in [4.69, 9.17) is 10.6 Å². The summed E-state index contributed by atoms with van der Waals surface area (Å²) in [5.74, 6) is 3.41. The molecule has 1 aromatic heterocycles. The molecule has 2 rings (SSSR count). The molecular formula is C14H15F2N3O. The second-order valence-corrected chi connectivity index (χ2v) is 4.54. The lowest BCUT2D eigenvalue weighted by Gasteiger charge is -2.14. The number of nitrogens with two attached hydrogens (primary N) is 1. The summed E-state index contributed by atoms with van der Waals surface area (Å²) in [7, 11) is 0. The standard InChI is InChI=1S/C14H15F2N3O/c1-8(2)9-5-3-4-6-12(9)20-14-11(16)7-10(15)13(18-14)19-17/h3-8H,17H2,1-2H3,(H,18,19). The van der Waals surface area contributed by atoms with Crippen LogP contribution in [-0.2, 0) is 0 Å². The Balaban J connectivity index is 2.40. The van der Waals surface area contributed by atoms with Gasteiger partial charge in [-0.05, 0) is 17.5 Å². The van der Waals surface area contributed by atoms with Crippen LogP contribution in [0, 0.1) is 11.6 Å². The summed E-state index contributed by atoms with van der Waals surface area (Å²) in [5.41, 5.74) is 2.96. The van der Waals surface area contributed by atoms with Crippen molar-refractivity contribution in [3.8, 4) is 11.6 Å². The van der Waals surface area contributed by atoms with E-state index in [0.29, 0.717) is 11.8 Å². The van der Waals surface area contributed by atoms with E-state index in [0.717, 1.165) is 5.56 Å². The molecule has 2 aromatic rings. The lowest BCUT2D eigenvalue weighted by molar-refractivity contribution is 0.412. The quantitative estimate of drug-likeness (QED) is 0.663. The monoisotopic (exact) mass is 279 g/mol. The number of para-hydroxylation sites is 1. The first-order valence-electron chi connectivity index (χ1n) is 6.12. The van der Waals surface area contributed by atoms with Crippen molar-refractivity contribution >= 4 is 5.82 Å². The van der Waals surface area contributed by atoms with Gasteiger partial charge in [-0.25, -0.2) is 14.6 Å². The topological polar surface area (TPSA) is 60.2 Å². The van der Waals surface area contributed by atoms with Gasteiger partial charge < -0.3 is 10.2 Å². The van der Waals surface area contributed by atoms with E-state index in [1.807, 2.05) is 26.0 Å². The van der Waals surface area contributed by atoms with E-state index in [-0.39, 0.29) is 17.6 Å². The number of ether oxygens (including phenoxy) is 1. The number of hydrogen-bond donors (Lipinski definition) is 2. The summed E-state index contributed by atoms with van der Waals surface area (Å²) in [5, 5.41) is 0. The van der Waals surface area contributed by atoms with Gasteiger partial charge in [0.15, 0.2) is 17.5 Å². The van der Waals surface area contributed by atoms with Crippen molar-refractivity contribution in [1.29, 1.82) is 0 Å². The second kappa shape index (κ2) is 5.83. The number of nitrogen functional groups attached to an aromatic ring is 1. The first-order valence-corrected chi connectivity index (χ1v) is 6.12. The number of aromatic nitrogens is 1. The van der Waals surface area contributed by atoms with Crippen molar-refractivity contribution in [3.63, 3.8) is 0 Å². The lowest BCUT2D eigenvalue weighted by atomic mass is 10.0. The number of rotatable bonds is 4. The average molecular weight is 279 g/mol. The minimum absolute atomic E-state index is 0.196. The molecule has 20 heavy (non-hydrogen) atoms. The minimum Gasteiger partial charge on any atom is -0.436 e. The molecule has 0 aliphatic carbocycles.